The Kier molecular flexibility index (Phi) is 6.08. The number of pyridine rings is 1. The van der Waals surface area contributed by atoms with Crippen molar-refractivity contribution in [1.29, 1.82) is 0 Å². The molecule has 1 aliphatic heterocycles. The van der Waals surface area contributed by atoms with Crippen LogP contribution in [0.2, 0.25) is 0 Å². The Bertz CT molecular complexity index is 1280. The molecule has 4 aromatic rings. The second-order valence-corrected chi connectivity index (χ2v) is 8.46. The molecule has 1 fully saturated rings. The van der Waals surface area contributed by atoms with Gasteiger partial charge in [0.2, 0.25) is 5.91 Å². The topological polar surface area (TPSA) is 54.3 Å². The smallest absolute Gasteiger partial charge is 0.242 e. The molecule has 3 heterocycles. The third-order valence-electron chi connectivity index (χ3n) is 6.17. The summed E-state index contributed by atoms with van der Waals surface area (Å²) in [5, 5.41) is 0. The van der Waals surface area contributed by atoms with E-state index in [2.05, 4.69) is 9.88 Å². The van der Waals surface area contributed by atoms with Crippen molar-refractivity contribution in [2.24, 2.45) is 0 Å². The summed E-state index contributed by atoms with van der Waals surface area (Å²) < 4.78 is 15.7. The normalized spacial score (nSPS) is 13.8. The minimum absolute atomic E-state index is 0.0529. The fourth-order valence-corrected chi connectivity index (χ4v) is 4.27. The first-order chi connectivity index (χ1) is 16.6. The number of nitrogens with zero attached hydrogens (tertiary/aromatic N) is 5. The van der Waals surface area contributed by atoms with E-state index < -0.39 is 0 Å². The Morgan fingerprint density at radius 2 is 1.71 bits per heavy atom. The zero-order valence-corrected chi connectivity index (χ0v) is 19.1. The number of carbonyl (C=O) groups excluding carboxylic acids is 1. The average molecular weight is 456 g/mol. The molecule has 0 unspecified atom stereocenters. The molecule has 172 valence electrons. The number of amides is 1. The van der Waals surface area contributed by atoms with E-state index in [9.17, 15) is 9.18 Å². The molecule has 7 heteroatoms. The van der Waals surface area contributed by atoms with Crippen molar-refractivity contribution >= 4 is 11.7 Å². The first-order valence-electron chi connectivity index (χ1n) is 11.4. The number of hydrogen-bond acceptors (Lipinski definition) is 4. The lowest BCUT2D eigenvalue weighted by atomic mass is 10.1. The van der Waals surface area contributed by atoms with Crippen LogP contribution in [0, 0.1) is 12.7 Å². The molecule has 0 bridgehead atoms. The van der Waals surface area contributed by atoms with E-state index in [-0.39, 0.29) is 18.3 Å². The Morgan fingerprint density at radius 1 is 0.941 bits per heavy atom. The summed E-state index contributed by atoms with van der Waals surface area (Å²) in [7, 11) is 0. The molecule has 1 saturated heterocycles. The molecule has 6 nitrogen and oxygen atoms in total. The van der Waals surface area contributed by atoms with Gasteiger partial charge < -0.3 is 14.4 Å². The standard InChI is InChI=1S/C27H26FN5O/c1-20-17-22(10-11-23(20)28)24-18-33(27(30-24)21-7-3-2-4-8-21)19-26(34)32-15-13-31(14-16-32)25-9-5-6-12-29-25/h2-12,17-18H,13-16,19H2,1H3. The summed E-state index contributed by atoms with van der Waals surface area (Å²) in [5.74, 6) is 1.47. The summed E-state index contributed by atoms with van der Waals surface area (Å²) in [4.78, 5) is 26.6. The van der Waals surface area contributed by atoms with Crippen LogP contribution in [0.4, 0.5) is 10.2 Å². The van der Waals surface area contributed by atoms with Crippen LogP contribution in [0.5, 0.6) is 0 Å². The molecular weight excluding hydrogens is 429 g/mol. The second-order valence-electron chi connectivity index (χ2n) is 8.46. The van der Waals surface area contributed by atoms with Gasteiger partial charge in [0.1, 0.15) is 24.0 Å². The number of halogens is 1. The quantitative estimate of drug-likeness (QED) is 0.447. The van der Waals surface area contributed by atoms with Gasteiger partial charge in [-0.2, -0.15) is 0 Å². The van der Waals surface area contributed by atoms with Gasteiger partial charge in [-0.25, -0.2) is 14.4 Å². The molecule has 0 radical (unpaired) electrons. The van der Waals surface area contributed by atoms with Crippen LogP contribution in [0.25, 0.3) is 22.6 Å². The Hall–Kier alpha value is -4.00. The largest absolute Gasteiger partial charge is 0.353 e. The number of imidazole rings is 1. The number of anilines is 1. The molecule has 0 atom stereocenters. The number of benzene rings is 2. The van der Waals surface area contributed by atoms with Crippen molar-refractivity contribution in [3.63, 3.8) is 0 Å². The van der Waals surface area contributed by atoms with Gasteiger partial charge in [-0.1, -0.05) is 36.4 Å². The molecule has 0 N–H and O–H groups in total. The van der Waals surface area contributed by atoms with E-state index in [4.69, 9.17) is 4.98 Å². The monoisotopic (exact) mass is 455 g/mol. The molecule has 0 aliphatic carbocycles. The van der Waals surface area contributed by atoms with E-state index in [1.807, 2.05) is 64.2 Å². The molecule has 2 aromatic carbocycles. The highest BCUT2D eigenvalue weighted by molar-refractivity contribution is 5.78. The van der Waals surface area contributed by atoms with Crippen molar-refractivity contribution in [3.05, 3.63) is 90.5 Å². The van der Waals surface area contributed by atoms with Gasteiger partial charge in [-0.15, -0.1) is 0 Å². The van der Waals surface area contributed by atoms with Crippen LogP contribution < -0.4 is 4.90 Å². The van der Waals surface area contributed by atoms with E-state index in [0.717, 1.165) is 41.6 Å². The maximum absolute atomic E-state index is 13.8. The lowest BCUT2D eigenvalue weighted by Crippen LogP contribution is -2.49. The number of piperazine rings is 1. The van der Waals surface area contributed by atoms with Crippen molar-refractivity contribution < 1.29 is 9.18 Å². The predicted molar refractivity (Wildman–Crippen MR) is 131 cm³/mol. The number of aryl methyl sites for hydroxylation is 1. The summed E-state index contributed by atoms with van der Waals surface area (Å²) in [5.41, 5.74) is 3.04. The SMILES string of the molecule is Cc1cc(-c2cn(CC(=O)N3CCN(c4ccccn4)CC3)c(-c3ccccc3)n2)ccc1F. The van der Waals surface area contributed by atoms with Crippen LogP contribution in [-0.2, 0) is 11.3 Å². The van der Waals surface area contributed by atoms with Gasteiger partial charge >= 0.3 is 0 Å². The zero-order chi connectivity index (χ0) is 23.5. The fraction of sp³-hybridized carbons (Fsp3) is 0.222. The van der Waals surface area contributed by atoms with Crippen LogP contribution in [0.1, 0.15) is 5.56 Å². The molecule has 2 aromatic heterocycles. The lowest BCUT2D eigenvalue weighted by molar-refractivity contribution is -0.132. The molecule has 0 saturated carbocycles. The highest BCUT2D eigenvalue weighted by atomic mass is 19.1. The van der Waals surface area contributed by atoms with Crippen molar-refractivity contribution in [2.75, 3.05) is 31.1 Å². The van der Waals surface area contributed by atoms with E-state index >= 15 is 0 Å². The van der Waals surface area contributed by atoms with E-state index in [1.165, 1.54) is 6.07 Å². The highest BCUT2D eigenvalue weighted by Crippen LogP contribution is 2.26. The van der Waals surface area contributed by atoms with Crippen LogP contribution in [-0.4, -0.2) is 51.5 Å². The lowest BCUT2D eigenvalue weighted by Gasteiger charge is -2.35. The third-order valence-corrected chi connectivity index (χ3v) is 6.17. The minimum Gasteiger partial charge on any atom is -0.353 e. The Labute approximate surface area is 198 Å². The van der Waals surface area contributed by atoms with E-state index in [1.54, 1.807) is 25.3 Å². The molecule has 1 aliphatic rings. The number of aromatic nitrogens is 3. The third kappa shape index (κ3) is 4.55. The van der Waals surface area contributed by atoms with Crippen molar-refractivity contribution in [2.45, 2.75) is 13.5 Å². The van der Waals surface area contributed by atoms with Gasteiger partial charge in [0.05, 0.1) is 5.69 Å². The van der Waals surface area contributed by atoms with Gasteiger partial charge in [-0.05, 0) is 42.8 Å². The highest BCUT2D eigenvalue weighted by Gasteiger charge is 2.23. The first-order valence-corrected chi connectivity index (χ1v) is 11.4. The fourth-order valence-electron chi connectivity index (χ4n) is 4.27. The number of hydrogen-bond donors (Lipinski definition) is 0. The van der Waals surface area contributed by atoms with Crippen LogP contribution in [0.3, 0.4) is 0 Å². The summed E-state index contributed by atoms with van der Waals surface area (Å²) in [6, 6.07) is 20.7. The zero-order valence-electron chi connectivity index (χ0n) is 19.1. The predicted octanol–water partition coefficient (Wildman–Crippen LogP) is 4.41. The van der Waals surface area contributed by atoms with Crippen LogP contribution >= 0.6 is 0 Å². The molecular formula is C27H26FN5O. The van der Waals surface area contributed by atoms with Gasteiger partial charge in [0.15, 0.2) is 0 Å². The van der Waals surface area contributed by atoms with Crippen molar-refractivity contribution in [3.8, 4) is 22.6 Å². The number of rotatable bonds is 5. The van der Waals surface area contributed by atoms with Gasteiger partial charge in [0.25, 0.3) is 0 Å². The van der Waals surface area contributed by atoms with Gasteiger partial charge in [0, 0.05) is 49.7 Å². The second kappa shape index (κ2) is 9.47. The molecule has 5 rings (SSSR count). The minimum atomic E-state index is -0.244. The molecule has 1 amide bonds. The summed E-state index contributed by atoms with van der Waals surface area (Å²) in [6.07, 6.45) is 3.67. The van der Waals surface area contributed by atoms with Crippen LogP contribution in [0.15, 0.2) is 79.1 Å². The van der Waals surface area contributed by atoms with Crippen molar-refractivity contribution in [1.82, 2.24) is 19.4 Å². The molecule has 34 heavy (non-hydrogen) atoms. The van der Waals surface area contributed by atoms with Gasteiger partial charge in [-0.3, -0.25) is 4.79 Å². The van der Waals surface area contributed by atoms with E-state index in [0.29, 0.717) is 18.7 Å². The first kappa shape index (κ1) is 21.8. The Balaban J connectivity index is 1.36. The molecule has 0 spiro atoms. The number of carbonyl (C=O) groups is 1. The average Bonchev–Trinajstić information content (AvgIpc) is 3.30. The summed E-state index contributed by atoms with van der Waals surface area (Å²) in [6.45, 7) is 4.73. The summed E-state index contributed by atoms with van der Waals surface area (Å²) >= 11 is 0. The Morgan fingerprint density at radius 3 is 2.41 bits per heavy atom. The maximum atomic E-state index is 13.8. The maximum Gasteiger partial charge on any atom is 0.242 e.